The van der Waals surface area contributed by atoms with Crippen LogP contribution in [0.15, 0.2) is 55.6 Å². The van der Waals surface area contributed by atoms with Gasteiger partial charge in [-0.3, -0.25) is 0 Å². The Morgan fingerprint density at radius 3 is 2.41 bits per heavy atom. The lowest BCUT2D eigenvalue weighted by atomic mass is 10.2. The van der Waals surface area contributed by atoms with Crippen LogP contribution in [0.5, 0.6) is 0 Å². The summed E-state index contributed by atoms with van der Waals surface area (Å²) in [7, 11) is 0. The van der Waals surface area contributed by atoms with Crippen LogP contribution in [-0.4, -0.2) is 31.3 Å². The molecule has 0 aliphatic heterocycles. The highest BCUT2D eigenvalue weighted by Gasteiger charge is 2.14. The Balaban J connectivity index is 2.39. The predicted octanol–water partition coefficient (Wildman–Crippen LogP) is 2.42. The SMILES string of the molecule is C=CC(=O)OCCC(COCc1ccccc1)OC(=O)C=C. The fraction of sp³-hybridized carbons (Fsp3) is 0.294. The standard InChI is InChI=1S/C17H20O5/c1-3-16(18)21-11-10-15(22-17(19)4-2)13-20-12-14-8-6-5-7-9-14/h3-9,15H,1-2,10-13H2. The van der Waals surface area contributed by atoms with Crippen molar-refractivity contribution in [1.29, 1.82) is 0 Å². The summed E-state index contributed by atoms with van der Waals surface area (Å²) < 4.78 is 15.6. The average molecular weight is 304 g/mol. The number of ether oxygens (including phenoxy) is 3. The molecular weight excluding hydrogens is 284 g/mol. The van der Waals surface area contributed by atoms with Gasteiger partial charge < -0.3 is 14.2 Å². The highest BCUT2D eigenvalue weighted by molar-refractivity contribution is 5.81. The van der Waals surface area contributed by atoms with Gasteiger partial charge in [0.1, 0.15) is 6.10 Å². The molecule has 1 aromatic carbocycles. The van der Waals surface area contributed by atoms with Gasteiger partial charge in [0.2, 0.25) is 0 Å². The second-order valence-corrected chi connectivity index (χ2v) is 4.42. The fourth-order valence-electron chi connectivity index (χ4n) is 1.62. The Labute approximate surface area is 130 Å². The van der Waals surface area contributed by atoms with Crippen molar-refractivity contribution in [3.05, 3.63) is 61.2 Å². The molecular formula is C17H20O5. The van der Waals surface area contributed by atoms with Crippen molar-refractivity contribution < 1.29 is 23.8 Å². The monoisotopic (exact) mass is 304 g/mol. The van der Waals surface area contributed by atoms with Crippen molar-refractivity contribution in [3.8, 4) is 0 Å². The van der Waals surface area contributed by atoms with Crippen molar-refractivity contribution in [2.24, 2.45) is 0 Å². The van der Waals surface area contributed by atoms with Gasteiger partial charge in [-0.1, -0.05) is 43.5 Å². The minimum atomic E-state index is -0.539. The zero-order chi connectivity index (χ0) is 16.2. The summed E-state index contributed by atoms with van der Waals surface area (Å²) in [5.74, 6) is -1.05. The molecule has 0 aliphatic carbocycles. The van der Waals surface area contributed by atoms with Gasteiger partial charge in [-0.2, -0.15) is 0 Å². The number of rotatable bonds is 10. The van der Waals surface area contributed by atoms with Crippen molar-refractivity contribution in [3.63, 3.8) is 0 Å². The van der Waals surface area contributed by atoms with Crippen LogP contribution in [0.1, 0.15) is 12.0 Å². The first kappa shape index (κ1) is 17.7. The van der Waals surface area contributed by atoms with Crippen molar-refractivity contribution in [2.45, 2.75) is 19.1 Å². The summed E-state index contributed by atoms with van der Waals surface area (Å²) in [6, 6.07) is 9.64. The molecule has 0 amide bonds. The molecule has 0 saturated heterocycles. The molecule has 1 rings (SSSR count). The molecule has 0 radical (unpaired) electrons. The minimum absolute atomic E-state index is 0.120. The molecule has 0 heterocycles. The summed E-state index contributed by atoms with van der Waals surface area (Å²) >= 11 is 0. The van der Waals surface area contributed by atoms with E-state index in [-0.39, 0.29) is 13.2 Å². The molecule has 0 aromatic heterocycles. The molecule has 0 bridgehead atoms. The number of benzene rings is 1. The first-order valence-corrected chi connectivity index (χ1v) is 6.89. The van der Waals surface area contributed by atoms with E-state index in [1.54, 1.807) is 0 Å². The third-order valence-electron chi connectivity index (χ3n) is 2.72. The van der Waals surface area contributed by atoms with Crippen molar-refractivity contribution in [2.75, 3.05) is 13.2 Å². The van der Waals surface area contributed by atoms with E-state index in [1.807, 2.05) is 30.3 Å². The molecule has 22 heavy (non-hydrogen) atoms. The van der Waals surface area contributed by atoms with Crippen LogP contribution in [0, 0.1) is 0 Å². The highest BCUT2D eigenvalue weighted by Crippen LogP contribution is 2.06. The zero-order valence-corrected chi connectivity index (χ0v) is 12.4. The smallest absolute Gasteiger partial charge is 0.330 e. The highest BCUT2D eigenvalue weighted by atomic mass is 16.6. The lowest BCUT2D eigenvalue weighted by molar-refractivity contribution is -0.148. The van der Waals surface area contributed by atoms with E-state index in [0.717, 1.165) is 17.7 Å². The van der Waals surface area contributed by atoms with E-state index in [0.29, 0.717) is 13.0 Å². The minimum Gasteiger partial charge on any atom is -0.462 e. The maximum atomic E-state index is 11.3. The largest absolute Gasteiger partial charge is 0.462 e. The van der Waals surface area contributed by atoms with Crippen molar-refractivity contribution >= 4 is 11.9 Å². The van der Waals surface area contributed by atoms with Crippen LogP contribution in [0.25, 0.3) is 0 Å². The van der Waals surface area contributed by atoms with Gasteiger partial charge in [-0.05, 0) is 5.56 Å². The van der Waals surface area contributed by atoms with Gasteiger partial charge in [0.25, 0.3) is 0 Å². The number of hydrogen-bond acceptors (Lipinski definition) is 5. The third-order valence-corrected chi connectivity index (χ3v) is 2.72. The van der Waals surface area contributed by atoms with Gasteiger partial charge in [-0.25, -0.2) is 9.59 Å². The van der Waals surface area contributed by atoms with Crippen LogP contribution in [-0.2, 0) is 30.4 Å². The lowest BCUT2D eigenvalue weighted by Crippen LogP contribution is -2.25. The Hall–Kier alpha value is -2.40. The van der Waals surface area contributed by atoms with Crippen molar-refractivity contribution in [1.82, 2.24) is 0 Å². The number of carbonyl (C=O) groups is 2. The van der Waals surface area contributed by atoms with Crippen LogP contribution < -0.4 is 0 Å². The zero-order valence-electron chi connectivity index (χ0n) is 12.4. The lowest BCUT2D eigenvalue weighted by Gasteiger charge is -2.17. The number of carbonyl (C=O) groups excluding carboxylic acids is 2. The van der Waals surface area contributed by atoms with Crippen LogP contribution in [0.3, 0.4) is 0 Å². The van der Waals surface area contributed by atoms with E-state index in [9.17, 15) is 9.59 Å². The summed E-state index contributed by atoms with van der Waals surface area (Å²) in [5, 5.41) is 0. The topological polar surface area (TPSA) is 61.8 Å². The van der Waals surface area contributed by atoms with Gasteiger partial charge in [-0.15, -0.1) is 0 Å². The first-order valence-electron chi connectivity index (χ1n) is 6.89. The molecule has 0 saturated carbocycles. The quantitative estimate of drug-likeness (QED) is 0.491. The van der Waals surface area contributed by atoms with Gasteiger partial charge in [0.15, 0.2) is 0 Å². The molecule has 0 aliphatic rings. The molecule has 5 nitrogen and oxygen atoms in total. The molecule has 118 valence electrons. The van der Waals surface area contributed by atoms with E-state index < -0.39 is 18.0 Å². The molecule has 0 spiro atoms. The number of hydrogen-bond donors (Lipinski definition) is 0. The van der Waals surface area contributed by atoms with Crippen LogP contribution >= 0.6 is 0 Å². The molecule has 1 aromatic rings. The summed E-state index contributed by atoms with van der Waals surface area (Å²) in [6.45, 7) is 7.39. The van der Waals surface area contributed by atoms with E-state index in [2.05, 4.69) is 13.2 Å². The van der Waals surface area contributed by atoms with Gasteiger partial charge in [0.05, 0.1) is 19.8 Å². The summed E-state index contributed by atoms with van der Waals surface area (Å²) in [4.78, 5) is 22.3. The van der Waals surface area contributed by atoms with Crippen LogP contribution in [0.2, 0.25) is 0 Å². The number of esters is 2. The van der Waals surface area contributed by atoms with Gasteiger partial charge in [0, 0.05) is 18.6 Å². The van der Waals surface area contributed by atoms with Crippen LogP contribution in [0.4, 0.5) is 0 Å². The normalized spacial score (nSPS) is 11.3. The van der Waals surface area contributed by atoms with E-state index >= 15 is 0 Å². The first-order chi connectivity index (χ1) is 10.7. The molecule has 5 heteroatoms. The summed E-state index contributed by atoms with van der Waals surface area (Å²) in [5.41, 5.74) is 1.02. The van der Waals surface area contributed by atoms with E-state index in [4.69, 9.17) is 14.2 Å². The molecule has 0 N–H and O–H groups in total. The molecule has 1 unspecified atom stereocenters. The van der Waals surface area contributed by atoms with E-state index in [1.165, 1.54) is 0 Å². The second kappa shape index (κ2) is 10.3. The average Bonchev–Trinajstić information content (AvgIpc) is 2.55. The fourth-order valence-corrected chi connectivity index (χ4v) is 1.62. The van der Waals surface area contributed by atoms with Gasteiger partial charge >= 0.3 is 11.9 Å². The Kier molecular flexibility index (Phi) is 8.30. The summed E-state index contributed by atoms with van der Waals surface area (Å²) in [6.07, 6.45) is 2.00. The second-order valence-electron chi connectivity index (χ2n) is 4.42. The predicted molar refractivity (Wildman–Crippen MR) is 81.9 cm³/mol. The molecule has 0 fully saturated rings. The maximum absolute atomic E-state index is 11.3. The third kappa shape index (κ3) is 7.40. The Morgan fingerprint density at radius 1 is 1.09 bits per heavy atom. The Bertz CT molecular complexity index is 495. The Morgan fingerprint density at radius 2 is 1.77 bits per heavy atom. The maximum Gasteiger partial charge on any atom is 0.330 e. The molecule has 1 atom stereocenters.